The average molecular weight is 390 g/mol. The highest BCUT2D eigenvalue weighted by atomic mass is 35.5. The van der Waals surface area contributed by atoms with Crippen molar-refractivity contribution in [2.45, 2.75) is 0 Å². The number of halogens is 1. The molecule has 1 saturated heterocycles. The second kappa shape index (κ2) is 7.39. The molecule has 126 valence electrons. The van der Waals surface area contributed by atoms with Gasteiger partial charge in [-0.3, -0.25) is 9.59 Å². The molecule has 1 aliphatic rings. The molecule has 4 nitrogen and oxygen atoms in total. The van der Waals surface area contributed by atoms with Crippen molar-refractivity contribution < 1.29 is 14.3 Å². The summed E-state index contributed by atoms with van der Waals surface area (Å²) < 4.78 is 5.32. The Kier molecular flexibility index (Phi) is 5.22. The summed E-state index contributed by atoms with van der Waals surface area (Å²) in [6.45, 7) is 0. The van der Waals surface area contributed by atoms with E-state index >= 15 is 0 Å². The molecule has 1 heterocycles. The molecule has 25 heavy (non-hydrogen) atoms. The van der Waals surface area contributed by atoms with Crippen molar-refractivity contribution in [1.29, 1.82) is 0 Å². The zero-order valence-corrected chi connectivity index (χ0v) is 15.5. The van der Waals surface area contributed by atoms with Gasteiger partial charge in [0.15, 0.2) is 4.32 Å². The molecular weight excluding hydrogens is 378 g/mol. The second-order valence-corrected chi connectivity index (χ2v) is 7.21. The summed E-state index contributed by atoms with van der Waals surface area (Å²) >= 11 is 12.1. The predicted octanol–water partition coefficient (Wildman–Crippen LogP) is 4.39. The molecule has 0 spiro atoms. The number of nitrogens with zero attached hydrogens (tertiary/aromatic N) is 1. The van der Waals surface area contributed by atoms with Gasteiger partial charge >= 0.3 is 0 Å². The van der Waals surface area contributed by atoms with E-state index in [0.29, 0.717) is 15.5 Å². The average Bonchev–Trinajstić information content (AvgIpc) is 2.89. The fourth-order valence-corrected chi connectivity index (χ4v) is 3.60. The predicted molar refractivity (Wildman–Crippen MR) is 104 cm³/mol. The largest absolute Gasteiger partial charge is 0.497 e. The van der Waals surface area contributed by atoms with Crippen LogP contribution >= 0.6 is 35.6 Å². The fourth-order valence-electron chi connectivity index (χ4n) is 2.22. The van der Waals surface area contributed by atoms with Gasteiger partial charge in [-0.05, 0) is 48.0 Å². The van der Waals surface area contributed by atoms with Gasteiger partial charge in [-0.2, -0.15) is 0 Å². The Bertz CT molecular complexity index is 876. The molecule has 7 heteroatoms. The molecule has 2 aromatic carbocycles. The SMILES string of the molecule is COc1ccc(/C=C2/SC(=S)N(C(=O)c3ccc(Cl)cc3)C2=O)cc1. The molecule has 2 amide bonds. The van der Waals surface area contributed by atoms with Gasteiger partial charge in [0.2, 0.25) is 0 Å². The number of carbonyl (C=O) groups is 2. The number of hydrogen-bond acceptors (Lipinski definition) is 5. The third-order valence-corrected chi connectivity index (χ3v) is 5.06. The minimum atomic E-state index is -0.461. The van der Waals surface area contributed by atoms with Crippen LogP contribution in [-0.4, -0.2) is 28.1 Å². The van der Waals surface area contributed by atoms with Gasteiger partial charge in [-0.15, -0.1) is 0 Å². The Balaban J connectivity index is 1.85. The molecule has 0 saturated carbocycles. The van der Waals surface area contributed by atoms with Crippen molar-refractivity contribution in [2.24, 2.45) is 0 Å². The van der Waals surface area contributed by atoms with Crippen LogP contribution in [0.5, 0.6) is 5.75 Å². The van der Waals surface area contributed by atoms with E-state index in [9.17, 15) is 9.59 Å². The van der Waals surface area contributed by atoms with Crippen LogP contribution in [0.25, 0.3) is 6.08 Å². The first kappa shape index (κ1) is 17.7. The molecule has 0 bridgehead atoms. The molecule has 3 rings (SSSR count). The lowest BCUT2D eigenvalue weighted by molar-refractivity contribution is -0.120. The van der Waals surface area contributed by atoms with E-state index in [-0.39, 0.29) is 4.32 Å². The maximum atomic E-state index is 12.6. The van der Waals surface area contributed by atoms with Crippen LogP contribution in [0.3, 0.4) is 0 Å². The van der Waals surface area contributed by atoms with Crippen molar-refractivity contribution in [3.05, 3.63) is 69.6 Å². The highest BCUT2D eigenvalue weighted by Crippen LogP contribution is 2.33. The Hall–Kier alpha value is -2.15. The van der Waals surface area contributed by atoms with Gasteiger partial charge in [0.25, 0.3) is 11.8 Å². The summed E-state index contributed by atoms with van der Waals surface area (Å²) in [5, 5.41) is 0.515. The highest BCUT2D eigenvalue weighted by Gasteiger charge is 2.37. The molecule has 0 radical (unpaired) electrons. The van der Waals surface area contributed by atoms with Crippen molar-refractivity contribution in [3.8, 4) is 5.75 Å². The van der Waals surface area contributed by atoms with Crippen molar-refractivity contribution in [3.63, 3.8) is 0 Å². The molecule has 2 aromatic rings. The van der Waals surface area contributed by atoms with Crippen LogP contribution in [0.2, 0.25) is 5.02 Å². The number of hydrogen-bond donors (Lipinski definition) is 0. The van der Waals surface area contributed by atoms with E-state index in [0.717, 1.165) is 28.0 Å². The highest BCUT2D eigenvalue weighted by molar-refractivity contribution is 8.26. The minimum absolute atomic E-state index is 0.213. The lowest BCUT2D eigenvalue weighted by Gasteiger charge is -2.12. The van der Waals surface area contributed by atoms with Crippen molar-refractivity contribution in [2.75, 3.05) is 7.11 Å². The maximum Gasteiger partial charge on any atom is 0.273 e. The van der Waals surface area contributed by atoms with Crippen LogP contribution in [0.4, 0.5) is 0 Å². The summed E-state index contributed by atoms with van der Waals surface area (Å²) in [7, 11) is 1.59. The smallest absolute Gasteiger partial charge is 0.273 e. The van der Waals surface area contributed by atoms with E-state index in [1.807, 2.05) is 12.1 Å². The molecule has 1 fully saturated rings. The van der Waals surface area contributed by atoms with E-state index in [1.54, 1.807) is 49.6 Å². The number of ether oxygens (including phenoxy) is 1. The van der Waals surface area contributed by atoms with Gasteiger partial charge in [-0.1, -0.05) is 47.7 Å². The fraction of sp³-hybridized carbons (Fsp3) is 0.0556. The van der Waals surface area contributed by atoms with Crippen molar-refractivity contribution in [1.82, 2.24) is 4.90 Å². The molecule has 0 unspecified atom stereocenters. The van der Waals surface area contributed by atoms with E-state index in [4.69, 9.17) is 28.6 Å². The topological polar surface area (TPSA) is 46.6 Å². The van der Waals surface area contributed by atoms with Crippen molar-refractivity contribution >= 4 is 57.8 Å². The first-order valence-corrected chi connectivity index (χ1v) is 8.82. The zero-order chi connectivity index (χ0) is 18.0. The number of carbonyl (C=O) groups excluding carboxylic acids is 2. The standard InChI is InChI=1S/C18H12ClNO3S2/c1-23-14-8-2-11(3-9-14)10-15-17(22)20(18(24)25-15)16(21)12-4-6-13(19)7-5-12/h2-10H,1H3/b15-10+. The zero-order valence-electron chi connectivity index (χ0n) is 13.1. The Morgan fingerprint density at radius 3 is 2.40 bits per heavy atom. The molecular formula is C18H12ClNO3S2. The summed E-state index contributed by atoms with van der Waals surface area (Å²) in [5.74, 6) is -0.161. The van der Waals surface area contributed by atoms with Crippen LogP contribution in [0, 0.1) is 0 Å². The molecule has 0 N–H and O–H groups in total. The summed E-state index contributed by atoms with van der Waals surface area (Å²) in [5.41, 5.74) is 1.17. The van der Waals surface area contributed by atoms with Crippen LogP contribution < -0.4 is 4.74 Å². The third kappa shape index (κ3) is 3.76. The summed E-state index contributed by atoms with van der Waals surface area (Å²) in [6.07, 6.45) is 1.70. The lowest BCUT2D eigenvalue weighted by Crippen LogP contribution is -2.34. The number of thioether (sulfide) groups is 1. The number of amides is 2. The van der Waals surface area contributed by atoms with Gasteiger partial charge < -0.3 is 4.74 Å². The quantitative estimate of drug-likeness (QED) is 0.442. The number of benzene rings is 2. The van der Waals surface area contributed by atoms with Crippen LogP contribution in [0.1, 0.15) is 15.9 Å². The molecule has 0 atom stereocenters. The minimum Gasteiger partial charge on any atom is -0.497 e. The first-order valence-electron chi connectivity index (χ1n) is 7.21. The van der Waals surface area contributed by atoms with E-state index < -0.39 is 11.8 Å². The monoisotopic (exact) mass is 389 g/mol. The maximum absolute atomic E-state index is 12.6. The number of methoxy groups -OCH3 is 1. The summed E-state index contributed by atoms with van der Waals surface area (Å²) in [6, 6.07) is 13.6. The normalized spacial score (nSPS) is 15.8. The van der Waals surface area contributed by atoms with E-state index in [1.165, 1.54) is 0 Å². The first-order chi connectivity index (χ1) is 12.0. The second-order valence-electron chi connectivity index (χ2n) is 5.10. The number of imide groups is 1. The summed E-state index contributed by atoms with van der Waals surface area (Å²) in [4.78, 5) is 26.6. The van der Waals surface area contributed by atoms with Gasteiger partial charge in [0.1, 0.15) is 5.75 Å². The van der Waals surface area contributed by atoms with E-state index in [2.05, 4.69) is 0 Å². The number of thiocarbonyl (C=S) groups is 1. The lowest BCUT2D eigenvalue weighted by atomic mass is 10.2. The Morgan fingerprint density at radius 2 is 1.80 bits per heavy atom. The van der Waals surface area contributed by atoms with Crippen LogP contribution in [-0.2, 0) is 4.79 Å². The number of rotatable bonds is 3. The molecule has 1 aliphatic heterocycles. The van der Waals surface area contributed by atoms with Gasteiger partial charge in [0.05, 0.1) is 12.0 Å². The Labute approximate surface area is 159 Å². The third-order valence-electron chi connectivity index (χ3n) is 3.50. The molecule has 0 aromatic heterocycles. The molecule has 0 aliphatic carbocycles. The van der Waals surface area contributed by atoms with Gasteiger partial charge in [-0.25, -0.2) is 4.90 Å². The van der Waals surface area contributed by atoms with Gasteiger partial charge in [0, 0.05) is 10.6 Å². The Morgan fingerprint density at radius 1 is 1.16 bits per heavy atom. The van der Waals surface area contributed by atoms with Crippen LogP contribution in [0.15, 0.2) is 53.4 Å².